The summed E-state index contributed by atoms with van der Waals surface area (Å²) in [4.78, 5) is 34.8. The first-order chi connectivity index (χ1) is 16.1. The summed E-state index contributed by atoms with van der Waals surface area (Å²) >= 11 is 1.70. The number of imidazole rings is 1. The molecule has 2 amide bonds. The van der Waals surface area contributed by atoms with Crippen LogP contribution in [0.25, 0.3) is 5.82 Å². The van der Waals surface area contributed by atoms with Gasteiger partial charge in [-0.05, 0) is 67.1 Å². The van der Waals surface area contributed by atoms with Crippen molar-refractivity contribution in [3.8, 4) is 5.82 Å². The van der Waals surface area contributed by atoms with Gasteiger partial charge < -0.3 is 10.6 Å². The summed E-state index contributed by atoms with van der Waals surface area (Å²) in [5, 5.41) is 7.86. The van der Waals surface area contributed by atoms with Gasteiger partial charge in [0.25, 0.3) is 5.91 Å². The molecule has 3 heterocycles. The molecule has 0 spiro atoms. The quantitative estimate of drug-likeness (QED) is 0.385. The molecule has 0 fully saturated rings. The zero-order chi connectivity index (χ0) is 23.0. The maximum absolute atomic E-state index is 12.7. The number of aromatic nitrogens is 3. The number of nitrogens with one attached hydrogen (secondary N) is 2. The Morgan fingerprint density at radius 2 is 1.97 bits per heavy atom. The number of hydrogen-bond acceptors (Lipinski definition) is 5. The third-order valence-corrected chi connectivity index (χ3v) is 6.09. The van der Waals surface area contributed by atoms with Gasteiger partial charge in [0.1, 0.15) is 11.6 Å². The van der Waals surface area contributed by atoms with Crippen LogP contribution in [0.5, 0.6) is 0 Å². The molecular weight excluding hydrogens is 434 g/mol. The van der Waals surface area contributed by atoms with E-state index >= 15 is 0 Å². The molecule has 0 aliphatic rings. The molecule has 4 aromatic rings. The van der Waals surface area contributed by atoms with Crippen molar-refractivity contribution in [1.82, 2.24) is 19.9 Å². The van der Waals surface area contributed by atoms with Gasteiger partial charge in [-0.2, -0.15) is 0 Å². The summed E-state index contributed by atoms with van der Waals surface area (Å²) in [6.45, 7) is 2.27. The molecule has 0 aliphatic heterocycles. The predicted molar refractivity (Wildman–Crippen MR) is 130 cm³/mol. The van der Waals surface area contributed by atoms with Gasteiger partial charge in [0, 0.05) is 47.7 Å². The van der Waals surface area contributed by atoms with E-state index in [-0.39, 0.29) is 11.8 Å². The Morgan fingerprint density at radius 1 is 1.06 bits per heavy atom. The van der Waals surface area contributed by atoms with E-state index < -0.39 is 0 Å². The number of thiophene rings is 1. The lowest BCUT2D eigenvalue weighted by Crippen LogP contribution is -2.23. The fourth-order valence-electron chi connectivity index (χ4n) is 3.45. The Balaban J connectivity index is 1.30. The lowest BCUT2D eigenvalue weighted by Gasteiger charge is -2.10. The van der Waals surface area contributed by atoms with Crippen LogP contribution in [0.4, 0.5) is 5.69 Å². The molecule has 8 heteroatoms. The van der Waals surface area contributed by atoms with Crippen LogP contribution in [0.2, 0.25) is 0 Å². The van der Waals surface area contributed by atoms with Gasteiger partial charge in [-0.25, -0.2) is 9.97 Å². The van der Waals surface area contributed by atoms with E-state index in [2.05, 4.69) is 26.7 Å². The fourth-order valence-corrected chi connectivity index (χ4v) is 4.20. The molecule has 168 valence electrons. The Labute approximate surface area is 196 Å². The first-order valence-corrected chi connectivity index (χ1v) is 11.6. The molecule has 4 rings (SSSR count). The molecule has 0 atom stereocenters. The van der Waals surface area contributed by atoms with Crippen LogP contribution in [-0.2, 0) is 17.8 Å². The van der Waals surface area contributed by atoms with Crippen LogP contribution in [0, 0.1) is 6.92 Å². The number of carbonyl (C=O) groups excluding carboxylic acids is 2. The minimum atomic E-state index is -0.207. The second kappa shape index (κ2) is 10.7. The SMILES string of the molecule is Cc1nccn1-c1cc(CNC(=O)c2cccc(NC(=O)CCCc3cccs3)c2)ccn1. The Morgan fingerprint density at radius 3 is 2.76 bits per heavy atom. The van der Waals surface area contributed by atoms with E-state index in [1.54, 1.807) is 48.0 Å². The topological polar surface area (TPSA) is 88.9 Å². The minimum Gasteiger partial charge on any atom is -0.348 e. The molecule has 0 saturated heterocycles. The summed E-state index contributed by atoms with van der Waals surface area (Å²) in [7, 11) is 0. The van der Waals surface area contributed by atoms with Crippen LogP contribution in [0.1, 0.15) is 39.5 Å². The van der Waals surface area contributed by atoms with Crippen molar-refractivity contribution < 1.29 is 9.59 Å². The Kier molecular flexibility index (Phi) is 7.26. The second-order valence-electron chi connectivity index (χ2n) is 7.61. The lowest BCUT2D eigenvalue weighted by molar-refractivity contribution is -0.116. The van der Waals surface area contributed by atoms with E-state index in [1.165, 1.54) is 4.88 Å². The number of rotatable bonds is 9. The van der Waals surface area contributed by atoms with Crippen LogP contribution in [0.3, 0.4) is 0 Å². The number of benzene rings is 1. The predicted octanol–water partition coefficient (Wildman–Crippen LogP) is 4.53. The van der Waals surface area contributed by atoms with Gasteiger partial charge in [-0.15, -0.1) is 11.3 Å². The highest BCUT2D eigenvalue weighted by atomic mass is 32.1. The molecule has 0 aliphatic carbocycles. The van der Waals surface area contributed by atoms with E-state index in [0.717, 1.165) is 30.0 Å². The smallest absolute Gasteiger partial charge is 0.251 e. The van der Waals surface area contributed by atoms with E-state index in [9.17, 15) is 9.59 Å². The average Bonchev–Trinajstić information content (AvgIpc) is 3.49. The second-order valence-corrected chi connectivity index (χ2v) is 8.64. The Bertz CT molecular complexity index is 1230. The van der Waals surface area contributed by atoms with Crippen molar-refractivity contribution in [2.75, 3.05) is 5.32 Å². The van der Waals surface area contributed by atoms with Crippen molar-refractivity contribution >= 4 is 28.8 Å². The van der Waals surface area contributed by atoms with Crippen LogP contribution in [0.15, 0.2) is 72.5 Å². The van der Waals surface area contributed by atoms with Gasteiger partial charge in [0.2, 0.25) is 5.91 Å². The number of anilines is 1. The highest BCUT2D eigenvalue weighted by Crippen LogP contribution is 2.15. The highest BCUT2D eigenvalue weighted by molar-refractivity contribution is 7.09. The average molecular weight is 460 g/mol. The summed E-state index contributed by atoms with van der Waals surface area (Å²) in [5.74, 6) is 1.33. The molecule has 0 radical (unpaired) electrons. The van der Waals surface area contributed by atoms with Gasteiger partial charge in [0.05, 0.1) is 0 Å². The third kappa shape index (κ3) is 6.14. The van der Waals surface area contributed by atoms with Crippen LogP contribution in [-0.4, -0.2) is 26.3 Å². The maximum Gasteiger partial charge on any atom is 0.251 e. The van der Waals surface area contributed by atoms with E-state index in [0.29, 0.717) is 24.2 Å². The first-order valence-electron chi connectivity index (χ1n) is 10.7. The molecule has 0 unspecified atom stereocenters. The summed E-state index contributed by atoms with van der Waals surface area (Å²) in [5.41, 5.74) is 2.04. The van der Waals surface area contributed by atoms with Gasteiger partial charge in [-0.3, -0.25) is 14.2 Å². The van der Waals surface area contributed by atoms with Crippen molar-refractivity contribution in [2.45, 2.75) is 32.7 Å². The third-order valence-electron chi connectivity index (χ3n) is 5.15. The number of carbonyl (C=O) groups is 2. The molecular formula is C25H25N5O2S. The lowest BCUT2D eigenvalue weighted by atomic mass is 10.1. The van der Waals surface area contributed by atoms with Crippen molar-refractivity contribution in [1.29, 1.82) is 0 Å². The highest BCUT2D eigenvalue weighted by Gasteiger charge is 2.09. The standard InChI is InChI=1S/C25H25N5O2S/c1-18-26-12-13-30(18)23-15-19(10-11-27-23)17-28-25(32)20-5-2-6-21(16-20)29-24(31)9-3-7-22-8-4-14-33-22/h2,4-6,8,10-16H,3,7,9,17H2,1H3,(H,28,32)(H,29,31). The van der Waals surface area contributed by atoms with Crippen LogP contribution < -0.4 is 10.6 Å². The summed E-state index contributed by atoms with van der Waals surface area (Å²) in [6, 6.07) is 14.9. The zero-order valence-corrected chi connectivity index (χ0v) is 19.1. The normalized spacial score (nSPS) is 10.7. The molecule has 1 aromatic carbocycles. The maximum atomic E-state index is 12.7. The van der Waals surface area contributed by atoms with Crippen molar-refractivity contribution in [3.63, 3.8) is 0 Å². The molecule has 2 N–H and O–H groups in total. The molecule has 7 nitrogen and oxygen atoms in total. The number of pyridine rings is 1. The number of nitrogens with zero attached hydrogens (tertiary/aromatic N) is 3. The fraction of sp³-hybridized carbons (Fsp3) is 0.200. The number of amides is 2. The van der Waals surface area contributed by atoms with Crippen molar-refractivity contribution in [3.05, 3.63) is 94.3 Å². The summed E-state index contributed by atoms with van der Waals surface area (Å²) in [6.07, 6.45) is 7.41. The number of aryl methyl sites for hydroxylation is 2. The minimum absolute atomic E-state index is 0.0526. The van der Waals surface area contributed by atoms with Crippen molar-refractivity contribution in [2.24, 2.45) is 0 Å². The monoisotopic (exact) mass is 459 g/mol. The molecule has 33 heavy (non-hydrogen) atoms. The number of hydrogen-bond donors (Lipinski definition) is 2. The van der Waals surface area contributed by atoms with Gasteiger partial charge in [-0.1, -0.05) is 12.1 Å². The zero-order valence-electron chi connectivity index (χ0n) is 18.3. The van der Waals surface area contributed by atoms with Gasteiger partial charge >= 0.3 is 0 Å². The Hall–Kier alpha value is -3.78. The molecule has 0 saturated carbocycles. The molecule has 3 aromatic heterocycles. The summed E-state index contributed by atoms with van der Waals surface area (Å²) < 4.78 is 1.89. The van der Waals surface area contributed by atoms with E-state index in [1.807, 2.05) is 41.3 Å². The van der Waals surface area contributed by atoms with Gasteiger partial charge in [0.15, 0.2) is 0 Å². The first kappa shape index (κ1) is 22.4. The van der Waals surface area contributed by atoms with E-state index in [4.69, 9.17) is 0 Å². The van der Waals surface area contributed by atoms with Crippen LogP contribution >= 0.6 is 11.3 Å². The molecule has 0 bridgehead atoms. The largest absolute Gasteiger partial charge is 0.348 e.